The molecule has 0 saturated heterocycles. The second-order valence-electron chi connectivity index (χ2n) is 2.26. The molecule has 0 amide bonds. The molecule has 1 heterocycles. The van der Waals surface area contributed by atoms with E-state index in [2.05, 4.69) is 4.99 Å². The second-order valence-corrected chi connectivity index (χ2v) is 3.22. The largest absolute Gasteiger partial charge is 0.415 e. The van der Waals surface area contributed by atoms with E-state index in [1.807, 2.05) is 0 Å². The summed E-state index contributed by atoms with van der Waals surface area (Å²) < 4.78 is 36.2. The fraction of sp³-hybridized carbons (Fsp3) is 0.500. The minimum atomic E-state index is -4.41. The van der Waals surface area contributed by atoms with Crippen molar-refractivity contribution in [2.75, 3.05) is 0 Å². The van der Waals surface area contributed by atoms with Gasteiger partial charge in [-0.05, 0) is 0 Å². The normalized spacial score (nSPS) is 24.9. The van der Waals surface area contributed by atoms with Crippen molar-refractivity contribution < 1.29 is 13.2 Å². The molecular formula is C6H4Cl2F3N. The average Bonchev–Trinajstić information content (AvgIpc) is 1.83. The molecule has 1 rings (SSSR count). The molecule has 6 heteroatoms. The maximum atomic E-state index is 12.1. The van der Waals surface area contributed by atoms with Gasteiger partial charge < -0.3 is 0 Å². The van der Waals surface area contributed by atoms with Gasteiger partial charge in [-0.1, -0.05) is 11.6 Å². The Balaban J connectivity index is 2.91. The molecule has 0 aromatic carbocycles. The Bertz CT molecular complexity index is 244. The van der Waals surface area contributed by atoms with Crippen molar-refractivity contribution in [1.82, 2.24) is 0 Å². The molecule has 0 saturated carbocycles. The van der Waals surface area contributed by atoms with Crippen molar-refractivity contribution in [3.63, 3.8) is 0 Å². The third-order valence-corrected chi connectivity index (χ3v) is 2.00. The Morgan fingerprint density at radius 1 is 1.50 bits per heavy atom. The highest BCUT2D eigenvalue weighted by Crippen LogP contribution is 2.34. The van der Waals surface area contributed by atoms with Crippen LogP contribution in [0, 0.1) is 0 Å². The second kappa shape index (κ2) is 3.26. The minimum absolute atomic E-state index is 0.0611. The van der Waals surface area contributed by atoms with E-state index in [1.54, 1.807) is 0 Å². The Hall–Kier alpha value is -0.220. The molecule has 0 aliphatic carbocycles. The summed E-state index contributed by atoms with van der Waals surface area (Å²) in [6.45, 7) is 0. The van der Waals surface area contributed by atoms with Crippen LogP contribution in [0.5, 0.6) is 0 Å². The van der Waals surface area contributed by atoms with Crippen molar-refractivity contribution in [2.24, 2.45) is 4.99 Å². The van der Waals surface area contributed by atoms with Gasteiger partial charge in [-0.25, -0.2) is 4.99 Å². The van der Waals surface area contributed by atoms with E-state index in [1.165, 1.54) is 0 Å². The van der Waals surface area contributed by atoms with E-state index in [0.29, 0.717) is 6.20 Å². The molecule has 1 aliphatic rings. The quantitative estimate of drug-likeness (QED) is 0.554. The lowest BCUT2D eigenvalue weighted by Crippen LogP contribution is -2.23. The van der Waals surface area contributed by atoms with Gasteiger partial charge >= 0.3 is 6.18 Å². The molecule has 1 atom stereocenters. The number of rotatable bonds is 0. The fourth-order valence-corrected chi connectivity index (χ4v) is 1.39. The van der Waals surface area contributed by atoms with Gasteiger partial charge in [0.05, 0.1) is 11.0 Å². The van der Waals surface area contributed by atoms with Gasteiger partial charge in [-0.3, -0.25) is 0 Å². The fourth-order valence-electron chi connectivity index (χ4n) is 0.782. The van der Waals surface area contributed by atoms with E-state index < -0.39 is 17.1 Å². The van der Waals surface area contributed by atoms with Crippen LogP contribution < -0.4 is 0 Å². The third kappa shape index (κ3) is 2.14. The summed E-state index contributed by atoms with van der Waals surface area (Å²) in [5.74, 6) is 0. The Morgan fingerprint density at radius 2 is 2.08 bits per heavy atom. The van der Waals surface area contributed by atoms with Gasteiger partial charge in [-0.2, -0.15) is 13.2 Å². The molecule has 12 heavy (non-hydrogen) atoms. The van der Waals surface area contributed by atoms with Gasteiger partial charge in [0.25, 0.3) is 0 Å². The first-order valence-corrected chi connectivity index (χ1v) is 3.86. The third-order valence-electron chi connectivity index (χ3n) is 1.36. The molecule has 1 aliphatic heterocycles. The smallest absolute Gasteiger partial charge is 0.249 e. The molecule has 0 bridgehead atoms. The molecule has 0 aromatic heterocycles. The molecule has 0 fully saturated rings. The summed E-state index contributed by atoms with van der Waals surface area (Å²) in [5, 5.41) is -1.02. The van der Waals surface area contributed by atoms with E-state index >= 15 is 0 Å². The van der Waals surface area contributed by atoms with Gasteiger partial charge in [-0.15, -0.1) is 11.6 Å². The molecular weight excluding hydrogens is 214 g/mol. The number of hydrogen-bond acceptors (Lipinski definition) is 1. The van der Waals surface area contributed by atoms with Crippen molar-refractivity contribution in [3.8, 4) is 0 Å². The zero-order chi connectivity index (χ0) is 9.35. The molecule has 1 nitrogen and oxygen atoms in total. The Kier molecular flexibility index (Phi) is 2.68. The van der Waals surface area contributed by atoms with Crippen molar-refractivity contribution in [2.45, 2.75) is 18.0 Å². The van der Waals surface area contributed by atoms with Crippen LogP contribution in [0.1, 0.15) is 6.42 Å². The lowest BCUT2D eigenvalue weighted by Gasteiger charge is -2.18. The minimum Gasteiger partial charge on any atom is -0.249 e. The number of halogens is 5. The number of nitrogens with zero attached hydrogens (tertiary/aromatic N) is 1. The van der Waals surface area contributed by atoms with Crippen LogP contribution in [0.2, 0.25) is 0 Å². The first-order chi connectivity index (χ1) is 5.41. The maximum absolute atomic E-state index is 12.1. The molecule has 0 spiro atoms. The SMILES string of the molecule is FC(F)(F)C1=CN=C(Cl)CC1Cl. The average molecular weight is 218 g/mol. The molecule has 68 valence electrons. The molecule has 0 radical (unpaired) electrons. The zero-order valence-corrected chi connectivity index (χ0v) is 7.21. The van der Waals surface area contributed by atoms with Crippen LogP contribution in [-0.2, 0) is 0 Å². The molecule has 0 N–H and O–H groups in total. The standard InChI is InChI=1S/C6H4Cl2F3N/c7-4-1-5(8)12-2-3(4)6(9,10)11/h2,4H,1H2. The maximum Gasteiger partial charge on any atom is 0.415 e. The van der Waals surface area contributed by atoms with E-state index in [0.717, 1.165) is 0 Å². The molecule has 1 unspecified atom stereocenters. The predicted octanol–water partition coefficient (Wildman–Crippen LogP) is 3.08. The number of hydrogen-bond donors (Lipinski definition) is 0. The van der Waals surface area contributed by atoms with E-state index in [4.69, 9.17) is 23.2 Å². The zero-order valence-electron chi connectivity index (χ0n) is 5.70. The lowest BCUT2D eigenvalue weighted by molar-refractivity contribution is -0.0936. The summed E-state index contributed by atoms with van der Waals surface area (Å²) >= 11 is 10.8. The van der Waals surface area contributed by atoms with Crippen molar-refractivity contribution >= 4 is 28.4 Å². The van der Waals surface area contributed by atoms with Gasteiger partial charge in [0.15, 0.2) is 0 Å². The van der Waals surface area contributed by atoms with Gasteiger partial charge in [0, 0.05) is 12.6 Å². The monoisotopic (exact) mass is 217 g/mol. The van der Waals surface area contributed by atoms with Gasteiger partial charge in [0.1, 0.15) is 5.17 Å². The number of aliphatic imine (C=N–C) groups is 1. The van der Waals surface area contributed by atoms with Gasteiger partial charge in [0.2, 0.25) is 0 Å². The first-order valence-electron chi connectivity index (χ1n) is 3.05. The summed E-state index contributed by atoms with van der Waals surface area (Å²) in [6.07, 6.45) is -3.80. The summed E-state index contributed by atoms with van der Waals surface area (Å²) in [6, 6.07) is 0. The van der Waals surface area contributed by atoms with Crippen molar-refractivity contribution in [1.29, 1.82) is 0 Å². The highest BCUT2D eigenvalue weighted by atomic mass is 35.5. The van der Waals surface area contributed by atoms with Crippen molar-refractivity contribution in [3.05, 3.63) is 11.8 Å². The Morgan fingerprint density at radius 3 is 2.50 bits per heavy atom. The Labute approximate surface area is 76.9 Å². The first kappa shape index (κ1) is 9.86. The number of allylic oxidation sites excluding steroid dienone is 1. The summed E-state index contributed by atoms with van der Waals surface area (Å²) in [5.41, 5.74) is -0.839. The van der Waals surface area contributed by atoms with Crippen LogP contribution in [-0.4, -0.2) is 16.7 Å². The highest BCUT2D eigenvalue weighted by molar-refractivity contribution is 6.66. The van der Waals surface area contributed by atoms with E-state index in [-0.39, 0.29) is 11.6 Å². The summed E-state index contributed by atoms with van der Waals surface area (Å²) in [7, 11) is 0. The van der Waals surface area contributed by atoms with Crippen LogP contribution in [0.15, 0.2) is 16.8 Å². The van der Waals surface area contributed by atoms with Crippen LogP contribution >= 0.6 is 23.2 Å². The lowest BCUT2D eigenvalue weighted by atomic mass is 10.1. The summed E-state index contributed by atoms with van der Waals surface area (Å²) in [4.78, 5) is 3.34. The van der Waals surface area contributed by atoms with Crippen LogP contribution in [0.3, 0.4) is 0 Å². The van der Waals surface area contributed by atoms with Crippen LogP contribution in [0.25, 0.3) is 0 Å². The van der Waals surface area contributed by atoms with Crippen LogP contribution in [0.4, 0.5) is 13.2 Å². The van der Waals surface area contributed by atoms with E-state index in [9.17, 15) is 13.2 Å². The number of alkyl halides is 4. The predicted molar refractivity (Wildman–Crippen MR) is 41.7 cm³/mol. The molecule has 0 aromatic rings. The highest BCUT2D eigenvalue weighted by Gasteiger charge is 2.39. The topological polar surface area (TPSA) is 12.4 Å².